The second kappa shape index (κ2) is 27.8. The van der Waals surface area contributed by atoms with Crippen LogP contribution in [0.5, 0.6) is 0 Å². The van der Waals surface area contributed by atoms with E-state index in [0.717, 1.165) is 192 Å². The molecule has 510 valence electrons. The topological polar surface area (TPSA) is 110 Å². The van der Waals surface area contributed by atoms with Crippen LogP contribution in [0.25, 0.3) is 195 Å². The molecule has 0 N–H and O–H groups in total. The summed E-state index contributed by atoms with van der Waals surface area (Å²) in [5.41, 5.74) is 36.2. The Balaban J connectivity index is 0.00000822. The van der Waals surface area contributed by atoms with Gasteiger partial charge in [0.05, 0.1) is 57.4 Å². The minimum atomic E-state index is 0. The van der Waals surface area contributed by atoms with E-state index in [1.165, 1.54) is 33.4 Å². The Bertz CT molecular complexity index is 6120. The molecule has 12 heteroatoms. The molecule has 9 nitrogen and oxygen atoms in total. The van der Waals surface area contributed by atoms with Crippen molar-refractivity contribution in [1.82, 2.24) is 44.9 Å². The average Bonchev–Trinajstić information content (AvgIpc) is 1.61. The Morgan fingerprint density at radius 2 is 0.454 bits per heavy atom. The van der Waals surface area contributed by atoms with E-state index < -0.39 is 0 Å². The Morgan fingerprint density at radius 3 is 0.713 bits per heavy atom. The molecule has 108 heavy (non-hydrogen) atoms. The van der Waals surface area contributed by atoms with Crippen LogP contribution in [0.2, 0.25) is 0 Å². The van der Waals surface area contributed by atoms with E-state index in [9.17, 15) is 0 Å². The van der Waals surface area contributed by atoms with Crippen LogP contribution in [0.3, 0.4) is 0 Å². The molecular formula is C96H67N9S2Zn. The van der Waals surface area contributed by atoms with Crippen molar-refractivity contribution in [2.75, 3.05) is 0 Å². The monoisotopic (exact) mass is 1470 g/mol. The van der Waals surface area contributed by atoms with Gasteiger partial charge in [0.25, 0.3) is 0 Å². The number of aromatic nitrogens is 9. The van der Waals surface area contributed by atoms with Gasteiger partial charge in [-0.2, -0.15) is 0 Å². The number of nitrogens with zero attached hydrogens (tertiary/aromatic N) is 9. The van der Waals surface area contributed by atoms with E-state index in [4.69, 9.17) is 40.2 Å². The SMILES string of the molecule is Cc1ccc(-c2c3nc(c(-c4ccc(C)cc4)c4ccc([n-]4)c(-c4ccc(-c5cn(-c6ccc(-c7c8nc(c(-c9ccc(C)cc9)c9ccc(s9)c(-c9ccc(C)cc9)c9nc(c(-c%10ccc(C)cc%10)c%10ccc7s%10)C=C9)C=C8)cc6)nn5)cc4)c4nc(c(-c5ccc(C)cc5)c5ccc2[n-]5)C=C4)C=C3)cc1.[Zn+2]. The maximum absolute atomic E-state index is 5.65. The summed E-state index contributed by atoms with van der Waals surface area (Å²) < 4.78 is 6.31. The van der Waals surface area contributed by atoms with Crippen LogP contribution < -0.4 is 9.97 Å². The van der Waals surface area contributed by atoms with Gasteiger partial charge in [-0.15, -0.1) is 49.8 Å². The number of aryl methyl sites for hydroxylation is 6. The largest absolute Gasteiger partial charge is 2.00 e. The van der Waals surface area contributed by atoms with E-state index in [1.54, 1.807) is 22.7 Å². The molecule has 0 unspecified atom stereocenters. The van der Waals surface area contributed by atoms with E-state index in [1.807, 2.05) is 10.9 Å². The molecule has 0 amide bonds. The zero-order valence-corrected chi connectivity index (χ0v) is 64.9. The summed E-state index contributed by atoms with van der Waals surface area (Å²) in [6.07, 6.45) is 19.2. The summed E-state index contributed by atoms with van der Waals surface area (Å²) in [5, 5.41) is 9.59. The molecule has 19 rings (SSSR count). The molecule has 0 atom stereocenters. The Labute approximate surface area is 646 Å². The summed E-state index contributed by atoms with van der Waals surface area (Å²) >= 11 is 3.55. The van der Waals surface area contributed by atoms with Crippen LogP contribution in [0.15, 0.2) is 249 Å². The van der Waals surface area contributed by atoms with Crippen molar-refractivity contribution in [2.45, 2.75) is 41.5 Å². The molecule has 0 spiro atoms. The maximum atomic E-state index is 5.65. The van der Waals surface area contributed by atoms with E-state index in [2.05, 4.69) is 333 Å². The molecule has 11 heterocycles. The summed E-state index contributed by atoms with van der Waals surface area (Å²) in [4.78, 5) is 33.3. The second-order valence-corrected chi connectivity index (χ2v) is 30.2. The predicted octanol–water partition coefficient (Wildman–Crippen LogP) is 24.8. The Morgan fingerprint density at radius 1 is 0.241 bits per heavy atom. The van der Waals surface area contributed by atoms with E-state index in [-0.39, 0.29) is 19.5 Å². The fourth-order valence-electron chi connectivity index (χ4n) is 14.9. The quantitative estimate of drug-likeness (QED) is 0.125. The van der Waals surface area contributed by atoms with Crippen molar-refractivity contribution >= 4 is 112 Å². The van der Waals surface area contributed by atoms with E-state index in [0.29, 0.717) is 0 Å². The number of hydrogen-bond acceptors (Lipinski definition) is 8. The van der Waals surface area contributed by atoms with Crippen molar-refractivity contribution in [2.24, 2.45) is 0 Å². The van der Waals surface area contributed by atoms with Gasteiger partial charge in [-0.25, -0.2) is 24.6 Å². The van der Waals surface area contributed by atoms with Crippen LogP contribution in [0, 0.1) is 41.5 Å². The van der Waals surface area contributed by atoms with Gasteiger partial charge in [-0.1, -0.05) is 245 Å². The summed E-state index contributed by atoms with van der Waals surface area (Å²) in [6, 6.07) is 87.0. The van der Waals surface area contributed by atoms with Crippen molar-refractivity contribution in [3.8, 4) is 106 Å². The number of rotatable bonds is 10. The van der Waals surface area contributed by atoms with Crippen LogP contribution in [0.4, 0.5) is 0 Å². The summed E-state index contributed by atoms with van der Waals surface area (Å²) in [6.45, 7) is 12.8. The van der Waals surface area contributed by atoms with Gasteiger partial charge in [-0.3, -0.25) is 0 Å². The van der Waals surface area contributed by atoms with Crippen LogP contribution in [0.1, 0.15) is 78.9 Å². The molecule has 15 aromatic rings. The third kappa shape index (κ3) is 12.6. The Hall–Kier alpha value is -12.4. The Kier molecular flexibility index (Phi) is 17.4. The van der Waals surface area contributed by atoms with Crippen molar-refractivity contribution in [3.63, 3.8) is 0 Å². The molecule has 0 fully saturated rings. The normalized spacial score (nSPS) is 12.1. The van der Waals surface area contributed by atoms with Gasteiger partial charge >= 0.3 is 19.5 Å². The third-order valence-corrected chi connectivity index (χ3v) is 22.8. The predicted molar refractivity (Wildman–Crippen MR) is 449 cm³/mol. The van der Waals surface area contributed by atoms with Gasteiger partial charge in [0.15, 0.2) is 0 Å². The van der Waals surface area contributed by atoms with Gasteiger partial charge in [-0.05, 0) is 193 Å². The van der Waals surface area contributed by atoms with Gasteiger partial charge in [0.2, 0.25) is 0 Å². The molecule has 0 aliphatic carbocycles. The molecule has 16 bridgehead atoms. The maximum Gasteiger partial charge on any atom is 2.00 e. The first kappa shape index (κ1) is 67.4. The van der Waals surface area contributed by atoms with Gasteiger partial charge < -0.3 is 9.97 Å². The molecule has 0 radical (unpaired) electrons. The molecule has 0 saturated heterocycles. The van der Waals surface area contributed by atoms with Crippen LogP contribution in [-0.4, -0.2) is 34.9 Å². The first-order valence-corrected chi connectivity index (χ1v) is 37.6. The first-order chi connectivity index (χ1) is 52.4. The number of benzene rings is 8. The molecule has 4 aliphatic heterocycles. The molecule has 8 aromatic carbocycles. The van der Waals surface area contributed by atoms with Crippen LogP contribution >= 0.6 is 22.7 Å². The van der Waals surface area contributed by atoms with Crippen molar-refractivity contribution in [1.29, 1.82) is 0 Å². The smallest absolute Gasteiger partial charge is 0.657 e. The zero-order chi connectivity index (χ0) is 72.0. The minimum Gasteiger partial charge on any atom is -0.657 e. The third-order valence-electron chi connectivity index (χ3n) is 20.5. The van der Waals surface area contributed by atoms with Crippen LogP contribution in [-0.2, 0) is 19.5 Å². The molecule has 4 aliphatic rings. The number of thiophene rings is 2. The molecule has 0 saturated carbocycles. The zero-order valence-electron chi connectivity index (χ0n) is 60.3. The number of hydrogen-bond donors (Lipinski definition) is 0. The van der Waals surface area contributed by atoms with Gasteiger partial charge in [0.1, 0.15) is 5.69 Å². The standard InChI is InChI=1S/C96H67N9S2.Zn/c1-56-7-19-63(20-8-56)89-72-39-41-74(97-72)90(64-21-9-57(2)10-22-64)76-43-45-78(99-76)92(79-46-44-77(100-79)91(75-42-40-73(89)98-75)65-23-11-58(3)12-24-65)66-33-31-62(32-34-66)84-55-105(104-103-84)71-37-35-70(36-38-71)96-83-50-49-82(102-83)95(69-29-17-61(6)18-30-69)86-52-51-85(106-86)93(67-25-13-59(4)14-26-67)80-47-48-81(101-80)94(87-53-54-88(96)107-87)68-27-15-60(5)16-28-68;/h7-55H,1-6H3;/q-2;+2. The summed E-state index contributed by atoms with van der Waals surface area (Å²) in [5.74, 6) is 0. The van der Waals surface area contributed by atoms with Crippen molar-refractivity contribution < 1.29 is 19.5 Å². The average molecular weight is 1480 g/mol. The second-order valence-electron chi connectivity index (χ2n) is 28.0. The fourth-order valence-corrected chi connectivity index (χ4v) is 17.2. The minimum absolute atomic E-state index is 0. The fraction of sp³-hybridized carbons (Fsp3) is 0.0625. The van der Waals surface area contributed by atoms with Gasteiger partial charge in [0, 0.05) is 46.6 Å². The van der Waals surface area contributed by atoms with E-state index >= 15 is 0 Å². The van der Waals surface area contributed by atoms with Crippen molar-refractivity contribution in [3.05, 3.63) is 328 Å². The first-order valence-electron chi connectivity index (χ1n) is 36.0. The molecule has 7 aromatic heterocycles. The molecular weight excluding hydrogens is 1410 g/mol. The number of fused-ring (bicyclic) bond motifs is 16. The summed E-state index contributed by atoms with van der Waals surface area (Å²) in [7, 11) is 0.